The molecule has 1 aliphatic rings. The highest BCUT2D eigenvalue weighted by Crippen LogP contribution is 2.18. The molecule has 1 atom stereocenters. The molecule has 1 rings (SSSR count). The van der Waals surface area contributed by atoms with Crippen molar-refractivity contribution in [1.82, 2.24) is 0 Å². The number of allylic oxidation sites excluding steroid dienone is 2. The summed E-state index contributed by atoms with van der Waals surface area (Å²) in [7, 11) is 0. The van der Waals surface area contributed by atoms with Crippen molar-refractivity contribution in [3.8, 4) is 0 Å². The molecule has 1 heteroatoms. The molecule has 0 fully saturated rings. The summed E-state index contributed by atoms with van der Waals surface area (Å²) in [4.78, 5) is 11.1. The van der Waals surface area contributed by atoms with Gasteiger partial charge < -0.3 is 0 Å². The zero-order valence-corrected chi connectivity index (χ0v) is 7.39. The molecule has 62 valence electrons. The molecule has 0 N–H and O–H groups in total. The fourth-order valence-electron chi connectivity index (χ4n) is 1.50. The lowest BCUT2D eigenvalue weighted by atomic mass is 9.94. The normalized spacial score (nSPS) is 27.3. The summed E-state index contributed by atoms with van der Waals surface area (Å²) >= 11 is 0. The number of hydrogen-bond acceptors (Lipinski definition) is 1. The molecule has 0 saturated heterocycles. The van der Waals surface area contributed by atoms with E-state index in [1.54, 1.807) is 0 Å². The monoisotopic (exact) mass is 152 g/mol. The van der Waals surface area contributed by atoms with Crippen molar-refractivity contribution in [2.24, 2.45) is 5.92 Å². The van der Waals surface area contributed by atoms with Gasteiger partial charge in [0.15, 0.2) is 0 Å². The number of carbonyl (C=O) groups is 1. The SMILES string of the molecule is CC1=CC(C)CCC(=O)CC1. The first-order valence-electron chi connectivity index (χ1n) is 4.37. The van der Waals surface area contributed by atoms with Crippen molar-refractivity contribution in [3.63, 3.8) is 0 Å². The molecule has 0 bridgehead atoms. The third-order valence-electron chi connectivity index (χ3n) is 2.25. The van der Waals surface area contributed by atoms with Gasteiger partial charge in [-0.25, -0.2) is 0 Å². The Morgan fingerprint density at radius 1 is 1.36 bits per heavy atom. The minimum atomic E-state index is 0.435. The number of rotatable bonds is 0. The average Bonchev–Trinajstić information content (AvgIpc) is 1.95. The van der Waals surface area contributed by atoms with E-state index in [4.69, 9.17) is 0 Å². The maximum absolute atomic E-state index is 11.1. The Labute approximate surface area is 68.5 Å². The van der Waals surface area contributed by atoms with Gasteiger partial charge in [-0.3, -0.25) is 4.79 Å². The predicted octanol–water partition coefficient (Wildman–Crippen LogP) is 2.71. The van der Waals surface area contributed by atoms with Crippen molar-refractivity contribution in [1.29, 1.82) is 0 Å². The van der Waals surface area contributed by atoms with E-state index in [1.165, 1.54) is 5.57 Å². The molecule has 0 aromatic heterocycles. The van der Waals surface area contributed by atoms with E-state index in [0.29, 0.717) is 11.7 Å². The predicted molar refractivity (Wildman–Crippen MR) is 46.4 cm³/mol. The van der Waals surface area contributed by atoms with Crippen LogP contribution in [0.3, 0.4) is 0 Å². The second kappa shape index (κ2) is 3.70. The van der Waals surface area contributed by atoms with Gasteiger partial charge in [-0.15, -0.1) is 0 Å². The van der Waals surface area contributed by atoms with Gasteiger partial charge >= 0.3 is 0 Å². The first-order valence-corrected chi connectivity index (χ1v) is 4.37. The van der Waals surface area contributed by atoms with Crippen LogP contribution in [0.15, 0.2) is 11.6 Å². The summed E-state index contributed by atoms with van der Waals surface area (Å²) in [6.07, 6.45) is 5.85. The Kier molecular flexibility index (Phi) is 2.86. The summed E-state index contributed by atoms with van der Waals surface area (Å²) in [6, 6.07) is 0. The van der Waals surface area contributed by atoms with E-state index in [0.717, 1.165) is 25.7 Å². The van der Waals surface area contributed by atoms with Crippen LogP contribution in [-0.4, -0.2) is 5.78 Å². The van der Waals surface area contributed by atoms with Gasteiger partial charge in [0.25, 0.3) is 0 Å². The molecule has 0 heterocycles. The summed E-state index contributed by atoms with van der Waals surface area (Å²) in [6.45, 7) is 4.30. The minimum absolute atomic E-state index is 0.435. The average molecular weight is 152 g/mol. The van der Waals surface area contributed by atoms with Gasteiger partial charge in [0.2, 0.25) is 0 Å². The third kappa shape index (κ3) is 2.87. The van der Waals surface area contributed by atoms with Gasteiger partial charge in [-0.1, -0.05) is 18.6 Å². The van der Waals surface area contributed by atoms with Gasteiger partial charge in [-0.05, 0) is 25.7 Å². The van der Waals surface area contributed by atoms with E-state index >= 15 is 0 Å². The van der Waals surface area contributed by atoms with Crippen LogP contribution in [0.1, 0.15) is 39.5 Å². The first-order chi connectivity index (χ1) is 5.18. The van der Waals surface area contributed by atoms with Crippen molar-refractivity contribution in [2.45, 2.75) is 39.5 Å². The Balaban J connectivity index is 2.58. The van der Waals surface area contributed by atoms with Crippen LogP contribution in [0.2, 0.25) is 0 Å². The smallest absolute Gasteiger partial charge is 0.133 e. The molecule has 1 unspecified atom stereocenters. The quantitative estimate of drug-likeness (QED) is 0.488. The molecule has 1 nitrogen and oxygen atoms in total. The second-order valence-corrected chi connectivity index (χ2v) is 3.57. The number of Topliss-reactive ketones (excluding diaryl/α,β-unsaturated/α-hetero) is 1. The van der Waals surface area contributed by atoms with Gasteiger partial charge in [0.05, 0.1) is 0 Å². The Bertz CT molecular complexity index is 179. The van der Waals surface area contributed by atoms with E-state index in [2.05, 4.69) is 19.9 Å². The fourth-order valence-corrected chi connectivity index (χ4v) is 1.50. The molecular weight excluding hydrogens is 136 g/mol. The van der Waals surface area contributed by atoms with Crippen LogP contribution < -0.4 is 0 Å². The molecule has 0 spiro atoms. The molecule has 1 aliphatic carbocycles. The molecule has 0 radical (unpaired) electrons. The van der Waals surface area contributed by atoms with Crippen LogP contribution in [0.25, 0.3) is 0 Å². The van der Waals surface area contributed by atoms with Crippen LogP contribution in [-0.2, 0) is 4.79 Å². The fraction of sp³-hybridized carbons (Fsp3) is 0.700. The highest BCUT2D eigenvalue weighted by molar-refractivity contribution is 5.78. The van der Waals surface area contributed by atoms with Crippen molar-refractivity contribution >= 4 is 5.78 Å². The van der Waals surface area contributed by atoms with E-state index in [1.807, 2.05) is 0 Å². The highest BCUT2D eigenvalue weighted by atomic mass is 16.1. The number of hydrogen-bond donors (Lipinski definition) is 0. The minimum Gasteiger partial charge on any atom is -0.300 e. The molecule has 0 aliphatic heterocycles. The lowest BCUT2D eigenvalue weighted by Gasteiger charge is -2.11. The lowest BCUT2D eigenvalue weighted by molar-refractivity contribution is -0.119. The van der Waals surface area contributed by atoms with E-state index in [-0.39, 0.29) is 0 Å². The largest absolute Gasteiger partial charge is 0.300 e. The molecule has 0 amide bonds. The molecular formula is C10H16O. The Hall–Kier alpha value is -0.590. The van der Waals surface area contributed by atoms with Crippen LogP contribution in [0.4, 0.5) is 0 Å². The van der Waals surface area contributed by atoms with Crippen LogP contribution in [0, 0.1) is 5.92 Å². The lowest BCUT2D eigenvalue weighted by Crippen LogP contribution is -2.05. The van der Waals surface area contributed by atoms with Crippen LogP contribution in [0.5, 0.6) is 0 Å². The van der Waals surface area contributed by atoms with Crippen molar-refractivity contribution in [2.75, 3.05) is 0 Å². The summed E-state index contributed by atoms with van der Waals surface area (Å²) < 4.78 is 0. The molecule has 0 aromatic rings. The van der Waals surface area contributed by atoms with Gasteiger partial charge in [0, 0.05) is 12.8 Å². The number of carbonyl (C=O) groups excluding carboxylic acids is 1. The molecule has 0 saturated carbocycles. The number of ketones is 1. The zero-order valence-electron chi connectivity index (χ0n) is 7.39. The van der Waals surface area contributed by atoms with Crippen LogP contribution >= 0.6 is 0 Å². The van der Waals surface area contributed by atoms with Gasteiger partial charge in [-0.2, -0.15) is 0 Å². The Morgan fingerprint density at radius 3 is 2.82 bits per heavy atom. The van der Waals surface area contributed by atoms with E-state index < -0.39 is 0 Å². The maximum atomic E-state index is 11.1. The zero-order chi connectivity index (χ0) is 8.27. The second-order valence-electron chi connectivity index (χ2n) is 3.57. The summed E-state index contributed by atoms with van der Waals surface area (Å²) in [5, 5.41) is 0. The van der Waals surface area contributed by atoms with Crippen molar-refractivity contribution < 1.29 is 4.79 Å². The maximum Gasteiger partial charge on any atom is 0.133 e. The van der Waals surface area contributed by atoms with Gasteiger partial charge in [0.1, 0.15) is 5.78 Å². The molecule has 0 aromatic carbocycles. The van der Waals surface area contributed by atoms with Crippen molar-refractivity contribution in [3.05, 3.63) is 11.6 Å². The third-order valence-corrected chi connectivity index (χ3v) is 2.25. The molecule has 11 heavy (non-hydrogen) atoms. The Morgan fingerprint density at radius 2 is 2.09 bits per heavy atom. The summed E-state index contributed by atoms with van der Waals surface area (Å²) in [5.74, 6) is 1.03. The topological polar surface area (TPSA) is 17.1 Å². The highest BCUT2D eigenvalue weighted by Gasteiger charge is 2.09. The summed E-state index contributed by atoms with van der Waals surface area (Å²) in [5.41, 5.74) is 1.38. The standard InChI is InChI=1S/C10H16O/c1-8-3-5-10(11)6-4-9(2)7-8/h7-8H,3-6H2,1-2H3. The van der Waals surface area contributed by atoms with E-state index in [9.17, 15) is 4.79 Å². The first kappa shape index (κ1) is 8.51.